The van der Waals surface area contributed by atoms with Crippen molar-refractivity contribution in [1.82, 2.24) is 9.97 Å². The van der Waals surface area contributed by atoms with Gasteiger partial charge in [-0.15, -0.1) is 0 Å². The lowest BCUT2D eigenvalue weighted by Crippen LogP contribution is -2.13. The summed E-state index contributed by atoms with van der Waals surface area (Å²) < 4.78 is 0. The van der Waals surface area contributed by atoms with Crippen molar-refractivity contribution < 1.29 is 0 Å². The summed E-state index contributed by atoms with van der Waals surface area (Å²) in [4.78, 5) is 9.38. The van der Waals surface area contributed by atoms with Crippen LogP contribution in [-0.4, -0.2) is 22.6 Å². The van der Waals surface area contributed by atoms with Crippen LogP contribution in [0.2, 0.25) is 0 Å². The number of aromatic nitrogens is 2. The molecule has 1 aliphatic rings. The van der Waals surface area contributed by atoms with Crippen molar-refractivity contribution in [3.05, 3.63) is 48.0 Å². The number of hydrogen-bond acceptors (Lipinski definition) is 4. The SMILES string of the molecule is CC(C)Nc1cc(NCCC2=CCCCC2)nc(-c2ccccc2)n1. The number of benzene rings is 1. The van der Waals surface area contributed by atoms with E-state index in [1.165, 1.54) is 25.7 Å². The Morgan fingerprint density at radius 2 is 1.84 bits per heavy atom. The zero-order valence-electron chi connectivity index (χ0n) is 15.3. The van der Waals surface area contributed by atoms with E-state index < -0.39 is 0 Å². The third-order valence-corrected chi connectivity index (χ3v) is 4.33. The predicted octanol–water partition coefficient (Wildman–Crippen LogP) is 5.27. The predicted molar refractivity (Wildman–Crippen MR) is 106 cm³/mol. The third-order valence-electron chi connectivity index (χ3n) is 4.33. The zero-order valence-corrected chi connectivity index (χ0v) is 15.3. The molecule has 0 aliphatic heterocycles. The molecule has 4 nitrogen and oxygen atoms in total. The molecular weight excluding hydrogens is 308 g/mol. The van der Waals surface area contributed by atoms with Crippen molar-refractivity contribution in [3.8, 4) is 11.4 Å². The number of nitrogens with one attached hydrogen (secondary N) is 2. The Morgan fingerprint density at radius 3 is 2.56 bits per heavy atom. The minimum atomic E-state index is 0.332. The lowest BCUT2D eigenvalue weighted by Gasteiger charge is -2.15. The van der Waals surface area contributed by atoms with E-state index in [4.69, 9.17) is 4.98 Å². The fourth-order valence-electron chi connectivity index (χ4n) is 3.11. The van der Waals surface area contributed by atoms with Gasteiger partial charge in [0, 0.05) is 24.2 Å². The lowest BCUT2D eigenvalue weighted by molar-refractivity contribution is 0.679. The van der Waals surface area contributed by atoms with Crippen LogP contribution in [0, 0.1) is 0 Å². The summed E-state index contributed by atoms with van der Waals surface area (Å²) in [6.45, 7) is 5.15. The summed E-state index contributed by atoms with van der Waals surface area (Å²) >= 11 is 0. The van der Waals surface area contributed by atoms with Crippen LogP contribution in [0.3, 0.4) is 0 Å². The van der Waals surface area contributed by atoms with Crippen LogP contribution in [0.5, 0.6) is 0 Å². The lowest BCUT2D eigenvalue weighted by atomic mass is 9.97. The highest BCUT2D eigenvalue weighted by molar-refractivity contribution is 5.61. The monoisotopic (exact) mass is 336 g/mol. The Hall–Kier alpha value is -2.36. The molecular formula is C21H28N4. The largest absolute Gasteiger partial charge is 0.370 e. The van der Waals surface area contributed by atoms with Gasteiger partial charge >= 0.3 is 0 Å². The van der Waals surface area contributed by atoms with Crippen molar-refractivity contribution in [3.63, 3.8) is 0 Å². The Morgan fingerprint density at radius 1 is 1.04 bits per heavy atom. The van der Waals surface area contributed by atoms with Gasteiger partial charge < -0.3 is 10.6 Å². The summed E-state index contributed by atoms with van der Waals surface area (Å²) in [6.07, 6.45) is 8.67. The molecule has 132 valence electrons. The van der Waals surface area contributed by atoms with E-state index >= 15 is 0 Å². The van der Waals surface area contributed by atoms with E-state index in [2.05, 4.69) is 35.5 Å². The van der Waals surface area contributed by atoms with E-state index in [9.17, 15) is 0 Å². The maximum absolute atomic E-state index is 4.71. The van der Waals surface area contributed by atoms with Gasteiger partial charge in [0.1, 0.15) is 11.6 Å². The number of rotatable bonds is 7. The van der Waals surface area contributed by atoms with Crippen LogP contribution < -0.4 is 10.6 Å². The molecule has 4 heteroatoms. The van der Waals surface area contributed by atoms with Crippen LogP contribution in [-0.2, 0) is 0 Å². The van der Waals surface area contributed by atoms with Crippen molar-refractivity contribution in [1.29, 1.82) is 0 Å². The highest BCUT2D eigenvalue weighted by atomic mass is 15.1. The normalized spacial score (nSPS) is 14.3. The van der Waals surface area contributed by atoms with Gasteiger partial charge in [-0.2, -0.15) is 0 Å². The van der Waals surface area contributed by atoms with E-state index in [1.807, 2.05) is 36.4 Å². The molecule has 0 fully saturated rings. The number of nitrogens with zero attached hydrogens (tertiary/aromatic N) is 2. The molecule has 3 rings (SSSR count). The second-order valence-electron chi connectivity index (χ2n) is 6.91. The minimum Gasteiger partial charge on any atom is -0.370 e. The molecule has 2 aromatic rings. The summed E-state index contributed by atoms with van der Waals surface area (Å²) in [6, 6.07) is 12.5. The number of allylic oxidation sites excluding steroid dienone is 1. The van der Waals surface area contributed by atoms with Gasteiger partial charge in [0.2, 0.25) is 0 Å². The Bertz CT molecular complexity index is 707. The van der Waals surface area contributed by atoms with Gasteiger partial charge in [-0.25, -0.2) is 9.97 Å². The maximum Gasteiger partial charge on any atom is 0.163 e. The molecule has 0 bridgehead atoms. The minimum absolute atomic E-state index is 0.332. The molecule has 0 unspecified atom stereocenters. The summed E-state index contributed by atoms with van der Waals surface area (Å²) in [5, 5.41) is 6.88. The molecule has 0 atom stereocenters. The third kappa shape index (κ3) is 5.31. The molecule has 25 heavy (non-hydrogen) atoms. The molecule has 1 aromatic carbocycles. The quantitative estimate of drug-likeness (QED) is 0.677. The van der Waals surface area contributed by atoms with E-state index in [0.717, 1.165) is 36.0 Å². The summed E-state index contributed by atoms with van der Waals surface area (Å²) in [5.41, 5.74) is 2.62. The first-order valence-electron chi connectivity index (χ1n) is 9.33. The molecule has 0 amide bonds. The van der Waals surface area contributed by atoms with Gasteiger partial charge in [0.25, 0.3) is 0 Å². The van der Waals surface area contributed by atoms with Gasteiger partial charge in [0.05, 0.1) is 0 Å². The van der Waals surface area contributed by atoms with Crippen LogP contribution in [0.4, 0.5) is 11.6 Å². The van der Waals surface area contributed by atoms with Crippen LogP contribution in [0.15, 0.2) is 48.0 Å². The van der Waals surface area contributed by atoms with E-state index in [1.54, 1.807) is 5.57 Å². The van der Waals surface area contributed by atoms with Crippen molar-refractivity contribution in [2.24, 2.45) is 0 Å². The second kappa shape index (κ2) is 8.65. The smallest absolute Gasteiger partial charge is 0.163 e. The molecule has 0 saturated heterocycles. The number of anilines is 2. The molecule has 1 aliphatic carbocycles. The van der Waals surface area contributed by atoms with Crippen LogP contribution >= 0.6 is 0 Å². The summed E-state index contributed by atoms with van der Waals surface area (Å²) in [5.74, 6) is 2.50. The second-order valence-corrected chi connectivity index (χ2v) is 6.91. The first-order valence-corrected chi connectivity index (χ1v) is 9.33. The molecule has 0 saturated carbocycles. The van der Waals surface area contributed by atoms with E-state index in [-0.39, 0.29) is 0 Å². The Labute approximate surface area is 150 Å². The molecule has 0 spiro atoms. The average molecular weight is 336 g/mol. The van der Waals surface area contributed by atoms with E-state index in [0.29, 0.717) is 6.04 Å². The molecule has 1 heterocycles. The average Bonchev–Trinajstić information content (AvgIpc) is 2.63. The van der Waals surface area contributed by atoms with Gasteiger partial charge in [-0.3, -0.25) is 0 Å². The van der Waals surface area contributed by atoms with Crippen molar-refractivity contribution in [2.75, 3.05) is 17.2 Å². The highest BCUT2D eigenvalue weighted by Crippen LogP contribution is 2.22. The van der Waals surface area contributed by atoms with Crippen LogP contribution in [0.1, 0.15) is 46.0 Å². The Kier molecular flexibility index (Phi) is 6.04. The highest BCUT2D eigenvalue weighted by Gasteiger charge is 2.08. The molecule has 2 N–H and O–H groups in total. The first-order chi connectivity index (χ1) is 12.2. The van der Waals surface area contributed by atoms with Gasteiger partial charge in [-0.1, -0.05) is 42.0 Å². The summed E-state index contributed by atoms with van der Waals surface area (Å²) in [7, 11) is 0. The van der Waals surface area contributed by atoms with Crippen molar-refractivity contribution in [2.45, 2.75) is 52.0 Å². The Balaban J connectivity index is 1.73. The van der Waals surface area contributed by atoms with Gasteiger partial charge in [-0.05, 0) is 46.0 Å². The maximum atomic E-state index is 4.71. The topological polar surface area (TPSA) is 49.8 Å². The first kappa shape index (κ1) is 17.5. The fourth-order valence-corrected chi connectivity index (χ4v) is 3.11. The van der Waals surface area contributed by atoms with Gasteiger partial charge in [0.15, 0.2) is 5.82 Å². The standard InChI is InChI=1S/C21H28N4/c1-16(2)23-20-15-19(22-14-13-17-9-5-3-6-10-17)24-21(25-20)18-11-7-4-8-12-18/h4,7-9,11-12,15-16H,3,5-6,10,13-14H2,1-2H3,(H2,22,23,24,25). The van der Waals surface area contributed by atoms with Crippen LogP contribution in [0.25, 0.3) is 11.4 Å². The zero-order chi connectivity index (χ0) is 17.5. The molecule has 1 aromatic heterocycles. The molecule has 0 radical (unpaired) electrons. The number of hydrogen-bond donors (Lipinski definition) is 2. The fraction of sp³-hybridized carbons (Fsp3) is 0.429. The van der Waals surface area contributed by atoms with Crippen molar-refractivity contribution >= 4 is 11.6 Å².